The summed E-state index contributed by atoms with van der Waals surface area (Å²) in [5.41, 5.74) is 6.27. The van der Waals surface area contributed by atoms with E-state index >= 15 is 0 Å². The summed E-state index contributed by atoms with van der Waals surface area (Å²) in [6, 6.07) is 0. The normalized spacial score (nSPS) is 17.5. The molecule has 1 aliphatic rings. The molecule has 0 aromatic heterocycles. The zero-order valence-electron chi connectivity index (χ0n) is 12.5. The molecule has 0 aromatic rings. The number of allylic oxidation sites excluding steroid dienone is 1. The van der Waals surface area contributed by atoms with Gasteiger partial charge in [0, 0.05) is 5.70 Å². The first-order valence-corrected chi connectivity index (χ1v) is 7.34. The monoisotopic (exact) mass is 242 g/mol. The van der Waals surface area contributed by atoms with Crippen molar-refractivity contribution in [2.75, 3.05) is 13.1 Å². The van der Waals surface area contributed by atoms with Crippen LogP contribution in [0.3, 0.4) is 0 Å². The van der Waals surface area contributed by atoms with Crippen LogP contribution in [0.25, 0.3) is 0 Å². The van der Waals surface area contributed by atoms with Crippen molar-refractivity contribution in [2.45, 2.75) is 66.2 Å². The molecule has 0 aromatic carbocycles. The number of nitrogens with two attached hydrogens (primary N) is 1. The van der Waals surface area contributed by atoms with Crippen LogP contribution in [0.2, 0.25) is 0 Å². The quantitative estimate of drug-likeness (QED) is 0.713. The van der Waals surface area contributed by atoms with Gasteiger partial charge in [-0.3, -0.25) is 0 Å². The first-order valence-electron chi connectivity index (χ1n) is 7.34. The summed E-state index contributed by atoms with van der Waals surface area (Å²) in [5.74, 6) is 0.752. The Morgan fingerprint density at radius 1 is 1.24 bits per heavy atom. The van der Waals surface area contributed by atoms with Gasteiger partial charge < -0.3 is 11.1 Å². The molecule has 1 atom stereocenters. The maximum atomic E-state index is 5.45. The van der Waals surface area contributed by atoms with Gasteiger partial charge in [0.05, 0.1) is 0 Å². The maximum Gasteiger partial charge on any atom is 0.00107 e. The van der Waals surface area contributed by atoms with Crippen molar-refractivity contribution in [3.63, 3.8) is 0 Å². The highest BCUT2D eigenvalue weighted by Gasteiger charge is 2.13. The van der Waals surface area contributed by atoms with Gasteiger partial charge in [-0.15, -0.1) is 0 Å². The lowest BCUT2D eigenvalue weighted by molar-refractivity contribution is 0.575. The average molecular weight is 242 g/mol. The minimum Gasteiger partial charge on any atom is -0.403 e. The molecule has 17 heavy (non-hydrogen) atoms. The number of rotatable bonds is 5. The van der Waals surface area contributed by atoms with E-state index in [1.165, 1.54) is 32.1 Å². The van der Waals surface area contributed by atoms with Gasteiger partial charge in [-0.2, -0.15) is 0 Å². The Balaban J connectivity index is 0. The van der Waals surface area contributed by atoms with Gasteiger partial charge in [0.1, 0.15) is 0 Å². The third kappa shape index (κ3) is 15.5. The number of hydrogen-bond acceptors (Lipinski definition) is 2. The second-order valence-corrected chi connectivity index (χ2v) is 4.43. The summed E-state index contributed by atoms with van der Waals surface area (Å²) in [7, 11) is 0. The predicted molar refractivity (Wildman–Crippen MR) is 80.1 cm³/mol. The molecule has 0 saturated carbocycles. The molecule has 2 nitrogen and oxygen atoms in total. The Labute approximate surface area is 109 Å². The van der Waals surface area contributed by atoms with Gasteiger partial charge >= 0.3 is 0 Å². The smallest absolute Gasteiger partial charge is 0.00107 e. The fraction of sp³-hybridized carbons (Fsp3) is 0.867. The van der Waals surface area contributed by atoms with Crippen molar-refractivity contribution in [1.82, 2.24) is 5.32 Å². The molecular weight excluding hydrogens is 208 g/mol. The fourth-order valence-electron chi connectivity index (χ4n) is 1.76. The highest BCUT2D eigenvalue weighted by atomic mass is 14.9. The number of unbranched alkanes of at least 4 members (excludes halogenated alkanes) is 3. The second-order valence-electron chi connectivity index (χ2n) is 4.43. The Bertz CT molecular complexity index is 145. The van der Waals surface area contributed by atoms with Crippen LogP contribution < -0.4 is 11.1 Å². The van der Waals surface area contributed by atoms with Gasteiger partial charge in [-0.25, -0.2) is 0 Å². The van der Waals surface area contributed by atoms with Gasteiger partial charge in [0.25, 0.3) is 0 Å². The van der Waals surface area contributed by atoms with E-state index in [0.29, 0.717) is 0 Å². The van der Waals surface area contributed by atoms with Gasteiger partial charge in [-0.05, 0) is 31.8 Å². The van der Waals surface area contributed by atoms with E-state index in [1.807, 2.05) is 13.8 Å². The molecular formula is C15H34N2. The van der Waals surface area contributed by atoms with E-state index in [9.17, 15) is 0 Å². The molecule has 104 valence electrons. The van der Waals surface area contributed by atoms with Crippen molar-refractivity contribution in [3.8, 4) is 0 Å². The maximum absolute atomic E-state index is 5.45. The summed E-state index contributed by atoms with van der Waals surface area (Å²) >= 11 is 0. The zero-order valence-corrected chi connectivity index (χ0v) is 12.5. The Kier molecular flexibility index (Phi) is 17.2. The molecule has 1 rings (SSSR count). The largest absolute Gasteiger partial charge is 0.403 e. The number of hydrogen-bond donors (Lipinski definition) is 2. The summed E-state index contributed by atoms with van der Waals surface area (Å²) in [4.78, 5) is 0. The van der Waals surface area contributed by atoms with Crippen molar-refractivity contribution in [3.05, 3.63) is 12.3 Å². The Hall–Kier alpha value is -0.500. The van der Waals surface area contributed by atoms with Crippen LogP contribution >= 0.6 is 0 Å². The van der Waals surface area contributed by atoms with E-state index in [2.05, 4.69) is 25.7 Å². The number of nitrogens with one attached hydrogen (secondary N) is 1. The van der Waals surface area contributed by atoms with Crippen LogP contribution in [0.1, 0.15) is 66.2 Å². The van der Waals surface area contributed by atoms with E-state index in [1.54, 1.807) is 0 Å². The first-order chi connectivity index (χ1) is 8.20. The Morgan fingerprint density at radius 3 is 2.06 bits per heavy atom. The first kappa shape index (κ1) is 18.9. The molecule has 0 unspecified atom stereocenters. The molecule has 1 fully saturated rings. The van der Waals surface area contributed by atoms with Gasteiger partial charge in [0.15, 0.2) is 0 Å². The van der Waals surface area contributed by atoms with E-state index in [0.717, 1.165) is 31.1 Å². The Morgan fingerprint density at radius 2 is 1.76 bits per heavy atom. The van der Waals surface area contributed by atoms with Crippen molar-refractivity contribution >= 4 is 0 Å². The highest BCUT2D eigenvalue weighted by Crippen LogP contribution is 2.13. The third-order valence-corrected chi connectivity index (χ3v) is 2.67. The molecule has 2 heteroatoms. The minimum absolute atomic E-state index is 0.752. The molecule has 0 aliphatic carbocycles. The minimum atomic E-state index is 0.752. The van der Waals surface area contributed by atoms with E-state index in [-0.39, 0.29) is 0 Å². The lowest BCUT2D eigenvalue weighted by Gasteiger charge is -2.05. The molecule has 1 saturated heterocycles. The van der Waals surface area contributed by atoms with E-state index < -0.39 is 0 Å². The highest BCUT2D eigenvalue weighted by molar-refractivity contribution is 4.90. The fourth-order valence-corrected chi connectivity index (χ4v) is 1.76. The topological polar surface area (TPSA) is 38.0 Å². The lowest BCUT2D eigenvalue weighted by atomic mass is 10.0. The standard InChI is InChI=1S/C7H14N2.C6H14.C2H6/c1-6(8)4-7-2-3-9-5-7;1-3-5-6-4-2;1-2/h7,9H,1-5,8H2;3-6H2,1-2H3;1-2H3/t7-;;/m0../s1. The van der Waals surface area contributed by atoms with Crippen molar-refractivity contribution in [1.29, 1.82) is 0 Å². The van der Waals surface area contributed by atoms with Crippen LogP contribution in [0, 0.1) is 5.92 Å². The van der Waals surface area contributed by atoms with Gasteiger partial charge in [-0.1, -0.05) is 60.0 Å². The second kappa shape index (κ2) is 15.5. The zero-order chi connectivity index (χ0) is 13.5. The molecule has 0 amide bonds. The molecule has 1 heterocycles. The van der Waals surface area contributed by atoms with Crippen LogP contribution in [0.4, 0.5) is 0 Å². The third-order valence-electron chi connectivity index (χ3n) is 2.67. The summed E-state index contributed by atoms with van der Waals surface area (Å²) in [6.07, 6.45) is 7.79. The van der Waals surface area contributed by atoms with E-state index in [4.69, 9.17) is 5.73 Å². The average Bonchev–Trinajstić information content (AvgIpc) is 2.82. The summed E-state index contributed by atoms with van der Waals surface area (Å²) in [5, 5.41) is 3.28. The molecule has 1 aliphatic heterocycles. The SMILES string of the molecule is C=C(N)C[C@@H]1CCNC1.CC.CCCCCC. The van der Waals surface area contributed by atoms with Crippen molar-refractivity contribution < 1.29 is 0 Å². The predicted octanol–water partition coefficient (Wildman–Crippen LogP) is 4.07. The molecule has 3 N–H and O–H groups in total. The van der Waals surface area contributed by atoms with Crippen molar-refractivity contribution in [2.24, 2.45) is 11.7 Å². The van der Waals surface area contributed by atoms with Gasteiger partial charge in [0.2, 0.25) is 0 Å². The van der Waals surface area contributed by atoms with Crippen LogP contribution in [0.15, 0.2) is 12.3 Å². The van der Waals surface area contributed by atoms with Crippen LogP contribution in [0.5, 0.6) is 0 Å². The molecule has 0 radical (unpaired) electrons. The van der Waals surface area contributed by atoms with Crippen LogP contribution in [-0.2, 0) is 0 Å². The van der Waals surface area contributed by atoms with Crippen LogP contribution in [-0.4, -0.2) is 13.1 Å². The summed E-state index contributed by atoms with van der Waals surface area (Å²) < 4.78 is 0. The summed E-state index contributed by atoms with van der Waals surface area (Å²) in [6.45, 7) is 14.4. The molecule has 0 bridgehead atoms. The lowest BCUT2D eigenvalue weighted by Crippen LogP contribution is -2.11. The molecule has 0 spiro atoms.